The van der Waals surface area contributed by atoms with Crippen LogP contribution < -0.4 is 0 Å². The average Bonchev–Trinajstić information content (AvgIpc) is 2.38. The van der Waals surface area contributed by atoms with Crippen LogP contribution in [0.4, 0.5) is 4.39 Å². The second kappa shape index (κ2) is 5.44. The molecule has 1 aliphatic heterocycles. The average molecular weight is 251 g/mol. The number of aromatic nitrogens is 1. The summed E-state index contributed by atoms with van der Waals surface area (Å²) in [5.41, 5.74) is 0.377. The number of hydrogen-bond donors (Lipinski definition) is 0. The molecule has 2 rings (SSSR count). The summed E-state index contributed by atoms with van der Waals surface area (Å²) < 4.78 is 13.0. The summed E-state index contributed by atoms with van der Waals surface area (Å²) in [6.07, 6.45) is 3.42. The van der Waals surface area contributed by atoms with Crippen LogP contribution in [0.2, 0.25) is 0 Å². The second-order valence-corrected chi connectivity index (χ2v) is 4.88. The van der Waals surface area contributed by atoms with Gasteiger partial charge in [-0.15, -0.1) is 0 Å². The maximum atomic E-state index is 13.0. The molecule has 18 heavy (non-hydrogen) atoms. The molecule has 0 N–H and O–H groups in total. The summed E-state index contributed by atoms with van der Waals surface area (Å²) in [6.45, 7) is 1.45. The normalized spacial score (nSPS) is 20.2. The van der Waals surface area contributed by atoms with Crippen molar-refractivity contribution in [1.82, 2.24) is 14.8 Å². The molecule has 0 spiro atoms. The van der Waals surface area contributed by atoms with Gasteiger partial charge in [-0.25, -0.2) is 4.98 Å². The summed E-state index contributed by atoms with van der Waals surface area (Å²) in [6, 6.07) is 3.14. The van der Waals surface area contributed by atoms with Gasteiger partial charge >= 0.3 is 0 Å². The Morgan fingerprint density at radius 3 is 3.00 bits per heavy atom. The quantitative estimate of drug-likeness (QED) is 0.745. The third kappa shape index (κ3) is 2.85. The van der Waals surface area contributed by atoms with E-state index in [1.165, 1.54) is 12.3 Å². The van der Waals surface area contributed by atoms with Gasteiger partial charge in [0.15, 0.2) is 0 Å². The third-order valence-corrected chi connectivity index (χ3v) is 3.39. The molecule has 0 aromatic carbocycles. The van der Waals surface area contributed by atoms with Gasteiger partial charge in [0.05, 0.1) is 0 Å². The number of likely N-dealkylation sites (tertiary alicyclic amines) is 1. The Balaban J connectivity index is 2.09. The van der Waals surface area contributed by atoms with E-state index in [1.807, 2.05) is 14.1 Å². The first kappa shape index (κ1) is 13.0. The Morgan fingerprint density at radius 2 is 2.33 bits per heavy atom. The standard InChI is InChI=1S/C13H18FN3O/c1-16(2)11-4-3-7-17(9-11)13(18)10-5-6-15-12(14)8-10/h5-6,8,11H,3-4,7,9H2,1-2H3. The van der Waals surface area contributed by atoms with Crippen LogP contribution in [0, 0.1) is 5.95 Å². The van der Waals surface area contributed by atoms with Gasteiger partial charge in [0, 0.05) is 37.0 Å². The van der Waals surface area contributed by atoms with E-state index in [2.05, 4.69) is 9.88 Å². The highest BCUT2D eigenvalue weighted by Crippen LogP contribution is 2.16. The molecule has 1 aromatic rings. The van der Waals surface area contributed by atoms with Crippen molar-refractivity contribution < 1.29 is 9.18 Å². The number of carbonyl (C=O) groups excluding carboxylic acids is 1. The summed E-state index contributed by atoms with van der Waals surface area (Å²) in [5, 5.41) is 0. The molecule has 1 atom stereocenters. The Hall–Kier alpha value is -1.49. The number of halogens is 1. The molecule has 5 heteroatoms. The summed E-state index contributed by atoms with van der Waals surface area (Å²) in [7, 11) is 4.04. The van der Waals surface area contributed by atoms with Crippen molar-refractivity contribution in [2.24, 2.45) is 0 Å². The summed E-state index contributed by atoms with van der Waals surface area (Å²) in [4.78, 5) is 19.6. The summed E-state index contributed by atoms with van der Waals surface area (Å²) >= 11 is 0. The van der Waals surface area contributed by atoms with E-state index in [1.54, 1.807) is 11.0 Å². The Kier molecular flexibility index (Phi) is 3.91. The van der Waals surface area contributed by atoms with E-state index in [0.717, 1.165) is 19.4 Å². The van der Waals surface area contributed by atoms with Gasteiger partial charge in [-0.2, -0.15) is 4.39 Å². The van der Waals surface area contributed by atoms with Crippen LogP contribution in [0.25, 0.3) is 0 Å². The molecule has 0 bridgehead atoms. The van der Waals surface area contributed by atoms with Crippen LogP contribution in [0.5, 0.6) is 0 Å². The van der Waals surface area contributed by atoms with E-state index in [-0.39, 0.29) is 5.91 Å². The molecule has 1 aromatic heterocycles. The number of carbonyl (C=O) groups is 1. The van der Waals surface area contributed by atoms with Gasteiger partial charge < -0.3 is 9.80 Å². The van der Waals surface area contributed by atoms with Crippen LogP contribution in [-0.4, -0.2) is 53.9 Å². The topological polar surface area (TPSA) is 36.4 Å². The van der Waals surface area contributed by atoms with E-state index in [4.69, 9.17) is 0 Å². The van der Waals surface area contributed by atoms with Crippen molar-refractivity contribution >= 4 is 5.91 Å². The Bertz CT molecular complexity index is 436. The van der Waals surface area contributed by atoms with Crippen LogP contribution in [-0.2, 0) is 0 Å². The van der Waals surface area contributed by atoms with Crippen LogP contribution in [0.3, 0.4) is 0 Å². The third-order valence-electron chi connectivity index (χ3n) is 3.39. The van der Waals surface area contributed by atoms with Crippen LogP contribution >= 0.6 is 0 Å². The van der Waals surface area contributed by atoms with Gasteiger partial charge in [0.2, 0.25) is 5.95 Å². The first-order chi connectivity index (χ1) is 8.58. The molecule has 4 nitrogen and oxygen atoms in total. The number of piperidine rings is 1. The minimum absolute atomic E-state index is 0.108. The lowest BCUT2D eigenvalue weighted by Gasteiger charge is -2.36. The molecular weight excluding hydrogens is 233 g/mol. The monoisotopic (exact) mass is 251 g/mol. The largest absolute Gasteiger partial charge is 0.337 e. The van der Waals surface area contributed by atoms with E-state index in [9.17, 15) is 9.18 Å². The van der Waals surface area contributed by atoms with Crippen molar-refractivity contribution in [2.45, 2.75) is 18.9 Å². The zero-order valence-electron chi connectivity index (χ0n) is 10.8. The van der Waals surface area contributed by atoms with Gasteiger partial charge in [-0.1, -0.05) is 0 Å². The van der Waals surface area contributed by atoms with Crippen molar-refractivity contribution in [3.05, 3.63) is 29.8 Å². The number of nitrogens with zero attached hydrogens (tertiary/aromatic N) is 3. The van der Waals surface area contributed by atoms with Crippen molar-refractivity contribution in [2.75, 3.05) is 27.2 Å². The lowest BCUT2D eigenvalue weighted by molar-refractivity contribution is 0.0634. The second-order valence-electron chi connectivity index (χ2n) is 4.88. The predicted molar refractivity (Wildman–Crippen MR) is 66.8 cm³/mol. The van der Waals surface area contributed by atoms with Gasteiger partial charge in [0.25, 0.3) is 5.91 Å². The first-order valence-electron chi connectivity index (χ1n) is 6.15. The zero-order chi connectivity index (χ0) is 13.1. The number of amides is 1. The molecule has 0 radical (unpaired) electrons. The number of rotatable bonds is 2. The van der Waals surface area contributed by atoms with Gasteiger partial charge in [-0.3, -0.25) is 4.79 Å². The van der Waals surface area contributed by atoms with Crippen LogP contribution in [0.15, 0.2) is 18.3 Å². The maximum absolute atomic E-state index is 13.0. The van der Waals surface area contributed by atoms with Crippen LogP contribution in [0.1, 0.15) is 23.2 Å². The number of likely N-dealkylation sites (N-methyl/N-ethyl adjacent to an activating group) is 1. The molecule has 1 fully saturated rings. The zero-order valence-corrected chi connectivity index (χ0v) is 10.8. The minimum atomic E-state index is -0.609. The smallest absolute Gasteiger partial charge is 0.254 e. The van der Waals surface area contributed by atoms with E-state index < -0.39 is 5.95 Å². The number of pyridine rings is 1. The first-order valence-corrected chi connectivity index (χ1v) is 6.15. The number of hydrogen-bond acceptors (Lipinski definition) is 3. The molecule has 0 saturated carbocycles. The molecule has 1 unspecified atom stereocenters. The Labute approximate surface area is 106 Å². The Morgan fingerprint density at radius 1 is 1.56 bits per heavy atom. The summed E-state index contributed by atoms with van der Waals surface area (Å²) in [5.74, 6) is -0.718. The maximum Gasteiger partial charge on any atom is 0.254 e. The fourth-order valence-electron chi connectivity index (χ4n) is 2.28. The molecule has 1 amide bonds. The molecule has 1 saturated heterocycles. The highest BCUT2D eigenvalue weighted by atomic mass is 19.1. The van der Waals surface area contributed by atoms with Gasteiger partial charge in [-0.05, 0) is 33.0 Å². The van der Waals surface area contributed by atoms with Crippen molar-refractivity contribution in [3.8, 4) is 0 Å². The highest BCUT2D eigenvalue weighted by Gasteiger charge is 2.25. The minimum Gasteiger partial charge on any atom is -0.337 e. The van der Waals surface area contributed by atoms with E-state index in [0.29, 0.717) is 18.2 Å². The molecule has 2 heterocycles. The fraction of sp³-hybridized carbons (Fsp3) is 0.538. The molecule has 98 valence electrons. The van der Waals surface area contributed by atoms with Gasteiger partial charge in [0.1, 0.15) is 0 Å². The highest BCUT2D eigenvalue weighted by molar-refractivity contribution is 5.94. The van der Waals surface area contributed by atoms with E-state index >= 15 is 0 Å². The molecule has 0 aliphatic carbocycles. The lowest BCUT2D eigenvalue weighted by Crippen LogP contribution is -2.47. The predicted octanol–water partition coefficient (Wildman–Crippen LogP) is 1.39. The van der Waals surface area contributed by atoms with Crippen molar-refractivity contribution in [1.29, 1.82) is 0 Å². The SMILES string of the molecule is CN(C)C1CCCN(C(=O)c2ccnc(F)c2)C1. The molecule has 1 aliphatic rings. The molecular formula is C13H18FN3O. The fourth-order valence-corrected chi connectivity index (χ4v) is 2.28. The van der Waals surface area contributed by atoms with Crippen molar-refractivity contribution in [3.63, 3.8) is 0 Å². The lowest BCUT2D eigenvalue weighted by atomic mass is 10.0.